The largest absolute Gasteiger partial charge is 0.394 e. The lowest BCUT2D eigenvalue weighted by molar-refractivity contribution is 0.0991. The highest BCUT2D eigenvalue weighted by Gasteiger charge is 2.16. The Labute approximate surface area is 117 Å². The molecule has 0 radical (unpaired) electrons. The lowest BCUT2D eigenvalue weighted by Crippen LogP contribution is -2.22. The summed E-state index contributed by atoms with van der Waals surface area (Å²) in [4.78, 5) is 14.6. The molecule has 1 fully saturated rings. The van der Waals surface area contributed by atoms with Gasteiger partial charge in [-0.1, -0.05) is 0 Å². The van der Waals surface area contributed by atoms with Gasteiger partial charge in [0.05, 0.1) is 19.8 Å². The molecule has 1 aliphatic rings. The molecule has 106 valence electrons. The molecule has 0 bridgehead atoms. The van der Waals surface area contributed by atoms with Crippen LogP contribution >= 0.6 is 11.6 Å². The summed E-state index contributed by atoms with van der Waals surface area (Å²) in [6.07, 6.45) is 2.31. The molecule has 19 heavy (non-hydrogen) atoms. The van der Waals surface area contributed by atoms with Gasteiger partial charge in [0.1, 0.15) is 0 Å². The Hall–Kier alpha value is -1.18. The van der Waals surface area contributed by atoms with Gasteiger partial charge in [-0.25, -0.2) is 0 Å². The average molecular weight is 288 g/mol. The number of aliphatic hydroxyl groups excluding tert-OH is 1. The van der Waals surface area contributed by atoms with Crippen LogP contribution in [0.15, 0.2) is 0 Å². The Morgan fingerprint density at radius 1 is 1.21 bits per heavy atom. The van der Waals surface area contributed by atoms with Crippen LogP contribution in [0.3, 0.4) is 0 Å². The zero-order chi connectivity index (χ0) is 13.5. The van der Waals surface area contributed by atoms with Crippen molar-refractivity contribution >= 4 is 23.5 Å². The molecule has 2 rings (SSSR count). The minimum absolute atomic E-state index is 0.0245. The van der Waals surface area contributed by atoms with Gasteiger partial charge in [-0.05, 0) is 24.4 Å². The molecule has 1 aromatic heterocycles. The summed E-state index contributed by atoms with van der Waals surface area (Å²) < 4.78 is 5.14. The molecule has 7 nitrogen and oxygen atoms in total. The van der Waals surface area contributed by atoms with Crippen LogP contribution in [-0.4, -0.2) is 59.5 Å². The number of aromatic nitrogens is 3. The second-order valence-corrected chi connectivity index (χ2v) is 4.52. The van der Waals surface area contributed by atoms with Crippen LogP contribution in [0.1, 0.15) is 12.8 Å². The van der Waals surface area contributed by atoms with E-state index < -0.39 is 0 Å². The Balaban J connectivity index is 1.89. The molecule has 8 heteroatoms. The summed E-state index contributed by atoms with van der Waals surface area (Å²) in [5.41, 5.74) is 0. The van der Waals surface area contributed by atoms with Crippen LogP contribution < -0.4 is 10.2 Å². The number of hydrogen-bond donors (Lipinski definition) is 2. The number of nitrogens with zero attached hydrogens (tertiary/aromatic N) is 4. The van der Waals surface area contributed by atoms with E-state index in [0.717, 1.165) is 25.9 Å². The lowest BCUT2D eigenvalue weighted by Gasteiger charge is -2.15. The van der Waals surface area contributed by atoms with Crippen LogP contribution in [-0.2, 0) is 4.74 Å². The van der Waals surface area contributed by atoms with Crippen molar-refractivity contribution < 1.29 is 9.84 Å². The molecule has 1 saturated heterocycles. The number of nitrogens with one attached hydrogen (secondary N) is 1. The molecule has 0 unspecified atom stereocenters. The van der Waals surface area contributed by atoms with E-state index >= 15 is 0 Å². The average Bonchev–Trinajstić information content (AvgIpc) is 2.92. The first-order valence-corrected chi connectivity index (χ1v) is 6.76. The number of anilines is 2. The number of aliphatic hydroxyl groups is 1. The summed E-state index contributed by atoms with van der Waals surface area (Å²) in [7, 11) is 0. The maximum Gasteiger partial charge on any atom is 0.231 e. The van der Waals surface area contributed by atoms with E-state index in [2.05, 4.69) is 25.2 Å². The maximum absolute atomic E-state index is 8.58. The van der Waals surface area contributed by atoms with Gasteiger partial charge in [-0.2, -0.15) is 15.0 Å². The summed E-state index contributed by atoms with van der Waals surface area (Å²) >= 11 is 5.90. The standard InChI is InChI=1S/C11H18ClN5O2/c12-9-14-10(13-3-7-19-8-6-18)16-11(15-9)17-4-1-2-5-17/h18H,1-8H2,(H,13,14,15,16). The third-order valence-electron chi connectivity index (χ3n) is 2.75. The van der Waals surface area contributed by atoms with Crippen molar-refractivity contribution in [3.63, 3.8) is 0 Å². The van der Waals surface area contributed by atoms with E-state index in [1.807, 2.05) is 0 Å². The van der Waals surface area contributed by atoms with Crippen LogP contribution in [0.5, 0.6) is 0 Å². The lowest BCUT2D eigenvalue weighted by atomic mass is 10.4. The zero-order valence-corrected chi connectivity index (χ0v) is 11.4. The van der Waals surface area contributed by atoms with E-state index in [-0.39, 0.29) is 11.9 Å². The topological polar surface area (TPSA) is 83.4 Å². The number of halogens is 1. The number of hydrogen-bond acceptors (Lipinski definition) is 7. The van der Waals surface area contributed by atoms with Crippen molar-refractivity contribution in [1.29, 1.82) is 0 Å². The predicted octanol–water partition coefficient (Wildman–Crippen LogP) is 0.546. The first-order chi connectivity index (χ1) is 9.29. The Bertz CT molecular complexity index is 401. The van der Waals surface area contributed by atoms with Gasteiger partial charge in [0, 0.05) is 19.6 Å². The summed E-state index contributed by atoms with van der Waals surface area (Å²) in [6.45, 7) is 3.30. The van der Waals surface area contributed by atoms with E-state index in [9.17, 15) is 0 Å². The van der Waals surface area contributed by atoms with Gasteiger partial charge in [0.25, 0.3) is 0 Å². The number of rotatable bonds is 7. The maximum atomic E-state index is 8.58. The Morgan fingerprint density at radius 2 is 2.00 bits per heavy atom. The van der Waals surface area contributed by atoms with Crippen molar-refractivity contribution in [3.8, 4) is 0 Å². The zero-order valence-electron chi connectivity index (χ0n) is 10.7. The SMILES string of the molecule is OCCOCCNc1nc(Cl)nc(N2CCCC2)n1. The third-order valence-corrected chi connectivity index (χ3v) is 2.92. The van der Waals surface area contributed by atoms with E-state index in [1.54, 1.807) is 0 Å². The fraction of sp³-hybridized carbons (Fsp3) is 0.727. The Kier molecular flexibility index (Phi) is 5.56. The van der Waals surface area contributed by atoms with Crippen molar-refractivity contribution in [2.24, 2.45) is 0 Å². The first kappa shape index (κ1) is 14.2. The normalized spacial score (nSPS) is 14.9. The van der Waals surface area contributed by atoms with Gasteiger partial charge in [-0.3, -0.25) is 0 Å². The fourth-order valence-corrected chi connectivity index (χ4v) is 2.03. The highest BCUT2D eigenvalue weighted by atomic mass is 35.5. The molecule has 0 saturated carbocycles. The van der Waals surface area contributed by atoms with Gasteiger partial charge in [0.15, 0.2) is 0 Å². The molecule has 0 amide bonds. The second kappa shape index (κ2) is 7.42. The molecular formula is C11H18ClN5O2. The molecule has 1 aliphatic heterocycles. The molecule has 2 heterocycles. The molecule has 0 spiro atoms. The van der Waals surface area contributed by atoms with Gasteiger partial charge >= 0.3 is 0 Å². The van der Waals surface area contributed by atoms with E-state index in [4.69, 9.17) is 21.4 Å². The molecule has 1 aromatic rings. The predicted molar refractivity (Wildman–Crippen MR) is 72.7 cm³/mol. The molecule has 0 aromatic carbocycles. The smallest absolute Gasteiger partial charge is 0.231 e. The van der Waals surface area contributed by atoms with Crippen molar-refractivity contribution in [3.05, 3.63) is 5.28 Å². The van der Waals surface area contributed by atoms with Crippen LogP contribution in [0, 0.1) is 0 Å². The van der Waals surface area contributed by atoms with Crippen molar-refractivity contribution in [1.82, 2.24) is 15.0 Å². The van der Waals surface area contributed by atoms with Crippen molar-refractivity contribution in [2.45, 2.75) is 12.8 Å². The monoisotopic (exact) mass is 287 g/mol. The van der Waals surface area contributed by atoms with Crippen LogP contribution in [0.4, 0.5) is 11.9 Å². The highest BCUT2D eigenvalue weighted by molar-refractivity contribution is 6.28. The summed E-state index contributed by atoms with van der Waals surface area (Å²) in [5, 5.41) is 11.8. The molecule has 2 N–H and O–H groups in total. The van der Waals surface area contributed by atoms with Gasteiger partial charge in [0.2, 0.25) is 17.2 Å². The van der Waals surface area contributed by atoms with Crippen LogP contribution in [0.25, 0.3) is 0 Å². The minimum atomic E-state index is 0.0245. The van der Waals surface area contributed by atoms with E-state index in [0.29, 0.717) is 31.7 Å². The summed E-state index contributed by atoms with van der Waals surface area (Å²) in [5.74, 6) is 1.07. The minimum Gasteiger partial charge on any atom is -0.394 e. The second-order valence-electron chi connectivity index (χ2n) is 4.18. The molecule has 0 aliphatic carbocycles. The molecule has 0 atom stereocenters. The van der Waals surface area contributed by atoms with Crippen LogP contribution in [0.2, 0.25) is 5.28 Å². The van der Waals surface area contributed by atoms with Crippen molar-refractivity contribution in [2.75, 3.05) is 49.7 Å². The third kappa shape index (κ3) is 4.45. The molecular weight excluding hydrogens is 270 g/mol. The first-order valence-electron chi connectivity index (χ1n) is 6.38. The number of ether oxygens (including phenoxy) is 1. The van der Waals surface area contributed by atoms with E-state index in [1.165, 1.54) is 0 Å². The summed E-state index contributed by atoms with van der Waals surface area (Å²) in [6, 6.07) is 0. The van der Waals surface area contributed by atoms with Gasteiger partial charge in [-0.15, -0.1) is 0 Å². The fourth-order valence-electron chi connectivity index (χ4n) is 1.88. The Morgan fingerprint density at radius 3 is 2.74 bits per heavy atom. The quantitative estimate of drug-likeness (QED) is 0.708. The highest BCUT2D eigenvalue weighted by Crippen LogP contribution is 2.18. The van der Waals surface area contributed by atoms with Gasteiger partial charge < -0.3 is 20.1 Å².